The highest BCUT2D eigenvalue weighted by atomic mass is 16.5. The van der Waals surface area contributed by atoms with E-state index in [-0.39, 0.29) is 5.91 Å². The van der Waals surface area contributed by atoms with Crippen molar-refractivity contribution in [2.75, 3.05) is 7.11 Å². The maximum atomic E-state index is 10.7. The predicted octanol–water partition coefficient (Wildman–Crippen LogP) is 0.169. The summed E-state index contributed by atoms with van der Waals surface area (Å²) in [5.41, 5.74) is 0. The minimum Gasteiger partial charge on any atom is -0.367 e. The topological polar surface area (TPSA) is 38.7 Å². The Morgan fingerprint density at radius 1 is 1.78 bits per heavy atom. The second kappa shape index (κ2) is 2.55. The zero-order chi connectivity index (χ0) is 6.69. The van der Waals surface area contributed by atoms with Crippen molar-refractivity contribution < 1.29 is 9.53 Å². The van der Waals surface area contributed by atoms with Gasteiger partial charge in [-0.15, -0.1) is 0 Å². The summed E-state index contributed by atoms with van der Waals surface area (Å²) in [6, 6.07) is 0. The minimum absolute atomic E-state index is 0.236. The van der Waals surface area contributed by atoms with Crippen LogP contribution in [0.1, 0.15) is 0 Å². The Balaban J connectivity index is 2.66. The maximum absolute atomic E-state index is 10.7. The number of ether oxygens (including phenoxy) is 1. The van der Waals surface area contributed by atoms with Crippen molar-refractivity contribution in [3.8, 4) is 0 Å². The molecule has 48 valence electrons. The molecule has 0 aliphatic carbocycles. The molecular formula is C6H7NO2. The van der Waals surface area contributed by atoms with E-state index in [4.69, 9.17) is 4.74 Å². The van der Waals surface area contributed by atoms with E-state index < -0.39 is 6.10 Å². The van der Waals surface area contributed by atoms with Crippen LogP contribution in [0.25, 0.3) is 0 Å². The number of hydrogen-bond donors (Lipinski definition) is 0. The van der Waals surface area contributed by atoms with Gasteiger partial charge in [-0.3, -0.25) is 4.79 Å². The van der Waals surface area contributed by atoms with Crippen molar-refractivity contribution in [3.05, 3.63) is 12.2 Å². The smallest absolute Gasteiger partial charge is 0.278 e. The number of rotatable bonds is 1. The lowest BCUT2D eigenvalue weighted by molar-refractivity contribution is -0.125. The summed E-state index contributed by atoms with van der Waals surface area (Å²) in [4.78, 5) is 14.2. The van der Waals surface area contributed by atoms with Crippen molar-refractivity contribution in [1.82, 2.24) is 0 Å². The number of carbonyl (C=O) groups is 1. The molecule has 3 heteroatoms. The molecule has 0 aromatic carbocycles. The van der Waals surface area contributed by atoms with Gasteiger partial charge in [0.2, 0.25) is 0 Å². The normalized spacial score (nSPS) is 25.0. The summed E-state index contributed by atoms with van der Waals surface area (Å²) in [5, 5.41) is 0. The van der Waals surface area contributed by atoms with Gasteiger partial charge in [-0.25, -0.2) is 4.99 Å². The maximum Gasteiger partial charge on any atom is 0.278 e. The fourth-order valence-corrected chi connectivity index (χ4v) is 0.602. The fourth-order valence-electron chi connectivity index (χ4n) is 0.602. The SMILES string of the molecule is CO[C@H]1C=CC=NC1=O. The third-order valence-corrected chi connectivity index (χ3v) is 1.07. The van der Waals surface area contributed by atoms with Crippen LogP contribution in [0.3, 0.4) is 0 Å². The summed E-state index contributed by atoms with van der Waals surface area (Å²) in [6.45, 7) is 0. The fraction of sp³-hybridized carbons (Fsp3) is 0.333. The second-order valence-electron chi connectivity index (χ2n) is 1.66. The van der Waals surface area contributed by atoms with Gasteiger partial charge in [-0.05, 0) is 12.2 Å². The largest absolute Gasteiger partial charge is 0.367 e. The molecule has 1 rings (SSSR count). The van der Waals surface area contributed by atoms with E-state index in [1.165, 1.54) is 13.3 Å². The van der Waals surface area contributed by atoms with Gasteiger partial charge in [-0.1, -0.05) is 0 Å². The Labute approximate surface area is 53.0 Å². The predicted molar refractivity (Wildman–Crippen MR) is 33.4 cm³/mol. The highest BCUT2D eigenvalue weighted by Crippen LogP contribution is 1.98. The van der Waals surface area contributed by atoms with Crippen LogP contribution >= 0.6 is 0 Å². The van der Waals surface area contributed by atoms with Gasteiger partial charge in [0.05, 0.1) is 0 Å². The zero-order valence-electron chi connectivity index (χ0n) is 5.07. The molecule has 0 N–H and O–H groups in total. The molecule has 0 saturated carbocycles. The minimum atomic E-state index is -0.463. The Morgan fingerprint density at radius 3 is 3.00 bits per heavy atom. The van der Waals surface area contributed by atoms with E-state index in [1.807, 2.05) is 0 Å². The number of carbonyl (C=O) groups excluding carboxylic acids is 1. The number of aliphatic imine (C=N–C) groups is 1. The first-order chi connectivity index (χ1) is 4.34. The third kappa shape index (κ3) is 1.23. The zero-order valence-corrected chi connectivity index (χ0v) is 5.07. The van der Waals surface area contributed by atoms with Gasteiger partial charge >= 0.3 is 0 Å². The van der Waals surface area contributed by atoms with Crippen molar-refractivity contribution in [2.45, 2.75) is 6.10 Å². The van der Waals surface area contributed by atoms with Crippen molar-refractivity contribution in [2.24, 2.45) is 4.99 Å². The molecule has 0 bridgehead atoms. The molecule has 0 aromatic rings. The van der Waals surface area contributed by atoms with Crippen LogP contribution in [0, 0.1) is 0 Å². The van der Waals surface area contributed by atoms with Crippen molar-refractivity contribution in [1.29, 1.82) is 0 Å². The van der Waals surface area contributed by atoms with Crippen LogP contribution in [0.5, 0.6) is 0 Å². The molecule has 0 aromatic heterocycles. The highest BCUT2D eigenvalue weighted by Gasteiger charge is 2.13. The van der Waals surface area contributed by atoms with E-state index in [2.05, 4.69) is 4.99 Å². The Bertz CT molecular complexity index is 172. The van der Waals surface area contributed by atoms with Crippen molar-refractivity contribution in [3.63, 3.8) is 0 Å². The number of allylic oxidation sites excluding steroid dienone is 1. The van der Waals surface area contributed by atoms with E-state index in [1.54, 1.807) is 12.2 Å². The van der Waals surface area contributed by atoms with E-state index >= 15 is 0 Å². The Kier molecular flexibility index (Phi) is 1.75. The van der Waals surface area contributed by atoms with Crippen LogP contribution in [-0.4, -0.2) is 25.3 Å². The lowest BCUT2D eigenvalue weighted by atomic mass is 10.3. The number of methoxy groups -OCH3 is 1. The number of amides is 1. The van der Waals surface area contributed by atoms with Gasteiger partial charge in [0.25, 0.3) is 5.91 Å². The average Bonchev–Trinajstić information content (AvgIpc) is 1.89. The van der Waals surface area contributed by atoms with Gasteiger partial charge in [0.15, 0.2) is 6.10 Å². The molecule has 1 amide bonds. The van der Waals surface area contributed by atoms with Gasteiger partial charge in [0, 0.05) is 13.3 Å². The summed E-state index contributed by atoms with van der Waals surface area (Å²) in [5.74, 6) is -0.236. The standard InChI is InChI=1S/C6H7NO2/c1-9-5-3-2-4-7-6(5)8/h2-5H,1H3/t5-/m0/s1. The van der Waals surface area contributed by atoms with E-state index in [0.29, 0.717) is 0 Å². The first-order valence-electron chi connectivity index (χ1n) is 2.62. The average molecular weight is 125 g/mol. The number of dihydropyridines is 1. The summed E-state index contributed by atoms with van der Waals surface area (Å²) >= 11 is 0. The molecular weight excluding hydrogens is 118 g/mol. The lowest BCUT2D eigenvalue weighted by Gasteiger charge is -2.06. The summed E-state index contributed by atoms with van der Waals surface area (Å²) in [7, 11) is 1.48. The van der Waals surface area contributed by atoms with Gasteiger partial charge in [-0.2, -0.15) is 0 Å². The highest BCUT2D eigenvalue weighted by molar-refractivity contribution is 5.95. The van der Waals surface area contributed by atoms with E-state index in [0.717, 1.165) is 0 Å². The number of nitrogens with zero attached hydrogens (tertiary/aromatic N) is 1. The number of hydrogen-bond acceptors (Lipinski definition) is 2. The second-order valence-corrected chi connectivity index (χ2v) is 1.66. The molecule has 1 atom stereocenters. The first kappa shape index (κ1) is 6.16. The molecule has 1 aliphatic rings. The molecule has 1 aliphatic heterocycles. The van der Waals surface area contributed by atoms with Crippen LogP contribution in [0.4, 0.5) is 0 Å². The Hall–Kier alpha value is -0.960. The molecule has 3 nitrogen and oxygen atoms in total. The Morgan fingerprint density at radius 2 is 2.56 bits per heavy atom. The van der Waals surface area contributed by atoms with Gasteiger partial charge < -0.3 is 4.74 Å². The summed E-state index contributed by atoms with van der Waals surface area (Å²) < 4.78 is 4.75. The quantitative estimate of drug-likeness (QED) is 0.501. The monoisotopic (exact) mass is 125 g/mol. The molecule has 0 unspecified atom stereocenters. The molecule has 0 fully saturated rings. The first-order valence-corrected chi connectivity index (χ1v) is 2.62. The molecule has 0 saturated heterocycles. The lowest BCUT2D eigenvalue weighted by Crippen LogP contribution is -2.20. The molecule has 0 spiro atoms. The van der Waals surface area contributed by atoms with Crippen LogP contribution in [-0.2, 0) is 9.53 Å². The third-order valence-electron chi connectivity index (χ3n) is 1.07. The molecule has 0 radical (unpaired) electrons. The van der Waals surface area contributed by atoms with Crippen molar-refractivity contribution >= 4 is 12.1 Å². The molecule has 1 heterocycles. The van der Waals surface area contributed by atoms with Crippen LogP contribution in [0.2, 0.25) is 0 Å². The van der Waals surface area contributed by atoms with E-state index in [9.17, 15) is 4.79 Å². The van der Waals surface area contributed by atoms with Gasteiger partial charge in [0.1, 0.15) is 0 Å². The molecule has 9 heavy (non-hydrogen) atoms. The van der Waals surface area contributed by atoms with Crippen LogP contribution in [0.15, 0.2) is 17.1 Å². The summed E-state index contributed by atoms with van der Waals surface area (Å²) in [6.07, 6.45) is 4.35. The van der Waals surface area contributed by atoms with Crippen LogP contribution < -0.4 is 0 Å².